The second-order valence-electron chi connectivity index (χ2n) is 2.98. The molecule has 1 aromatic carbocycles. The summed E-state index contributed by atoms with van der Waals surface area (Å²) in [5.74, 6) is 0.597. The molecule has 0 aliphatic heterocycles. The van der Waals surface area contributed by atoms with Gasteiger partial charge in [-0.2, -0.15) is 35.4 Å². The fourth-order valence-corrected chi connectivity index (χ4v) is 0.938. The van der Waals surface area contributed by atoms with Gasteiger partial charge in [0, 0.05) is 0 Å². The van der Waals surface area contributed by atoms with Crippen LogP contribution < -0.4 is 0 Å². The van der Waals surface area contributed by atoms with Crippen LogP contribution in [0.15, 0.2) is 18.2 Å². The molecule has 0 saturated carbocycles. The van der Waals surface area contributed by atoms with Crippen LogP contribution in [0.2, 0.25) is 0 Å². The molecule has 0 N–H and O–H groups in total. The van der Waals surface area contributed by atoms with Crippen LogP contribution in [-0.2, 0) is 19.5 Å². The van der Waals surface area contributed by atoms with Gasteiger partial charge < -0.3 is 0 Å². The third kappa shape index (κ3) is 6.49. The summed E-state index contributed by atoms with van der Waals surface area (Å²) in [6, 6.07) is 9.46. The van der Waals surface area contributed by atoms with Gasteiger partial charge in [0.25, 0.3) is 0 Å². The van der Waals surface area contributed by atoms with Gasteiger partial charge in [-0.1, -0.05) is 20.8 Å². The summed E-state index contributed by atoms with van der Waals surface area (Å²) < 4.78 is 0. The number of benzene rings is 1. The number of hydrogen-bond donors (Lipinski definition) is 0. The van der Waals surface area contributed by atoms with Crippen molar-refractivity contribution < 1.29 is 19.5 Å². The zero-order valence-corrected chi connectivity index (χ0v) is 11.4. The molecule has 0 aliphatic rings. The number of halogens is 2. The minimum atomic E-state index is 0. The van der Waals surface area contributed by atoms with Crippen LogP contribution >= 0.6 is 24.8 Å². The van der Waals surface area contributed by atoms with Crippen molar-refractivity contribution in [3.05, 3.63) is 35.4 Å². The summed E-state index contributed by atoms with van der Waals surface area (Å²) in [4.78, 5) is 0. The summed E-state index contributed by atoms with van der Waals surface area (Å²) in [5, 5.41) is 0. The van der Waals surface area contributed by atoms with Gasteiger partial charge in [-0.15, -0.1) is 24.8 Å². The molecule has 0 nitrogen and oxygen atoms in total. The summed E-state index contributed by atoms with van der Waals surface area (Å²) in [5.41, 5.74) is 2.63. The minimum Gasteiger partial charge on any atom is -0.180 e. The molecule has 0 aromatic heterocycles. The van der Waals surface area contributed by atoms with Crippen molar-refractivity contribution in [3.63, 3.8) is 0 Å². The van der Waals surface area contributed by atoms with Gasteiger partial charge in [0.2, 0.25) is 0 Å². The second kappa shape index (κ2) is 9.00. The van der Waals surface area contributed by atoms with Crippen molar-refractivity contribution in [1.82, 2.24) is 0 Å². The number of aryl methyl sites for hydroxylation is 1. The molecule has 77 valence electrons. The van der Waals surface area contributed by atoms with Crippen LogP contribution in [0.4, 0.5) is 0 Å². The maximum atomic E-state index is 3.21. The van der Waals surface area contributed by atoms with E-state index in [-0.39, 0.29) is 44.3 Å². The first kappa shape index (κ1) is 19.1. The van der Waals surface area contributed by atoms with Gasteiger partial charge in [0.05, 0.1) is 0 Å². The van der Waals surface area contributed by atoms with E-state index in [1.54, 1.807) is 0 Å². The first-order valence-corrected chi connectivity index (χ1v) is 3.68. The Bertz CT molecular complexity index is 224. The van der Waals surface area contributed by atoms with Gasteiger partial charge in [-0.25, -0.2) is 0 Å². The van der Waals surface area contributed by atoms with E-state index in [1.165, 1.54) is 11.1 Å². The Morgan fingerprint density at radius 1 is 1.23 bits per heavy atom. The molecule has 3 heteroatoms. The number of hydrogen-bond acceptors (Lipinski definition) is 0. The summed E-state index contributed by atoms with van der Waals surface area (Å²) in [6.07, 6.45) is 0. The van der Waals surface area contributed by atoms with Crippen molar-refractivity contribution in [2.45, 2.75) is 26.7 Å². The Labute approximate surface area is 106 Å². The van der Waals surface area contributed by atoms with Crippen molar-refractivity contribution in [2.24, 2.45) is 0 Å². The molecule has 1 radical (unpaired) electrons. The molecule has 0 bridgehead atoms. The maximum absolute atomic E-state index is 3.21. The predicted molar refractivity (Wildman–Crippen MR) is 58.6 cm³/mol. The Kier molecular flexibility index (Phi) is 13.2. The van der Waals surface area contributed by atoms with Crippen molar-refractivity contribution in [2.75, 3.05) is 0 Å². The Morgan fingerprint density at radius 2 is 1.77 bits per heavy atom. The summed E-state index contributed by atoms with van der Waals surface area (Å²) in [6.45, 7) is 6.48. The fourth-order valence-electron chi connectivity index (χ4n) is 0.938. The van der Waals surface area contributed by atoms with Crippen LogP contribution in [0.25, 0.3) is 0 Å². The van der Waals surface area contributed by atoms with Crippen LogP contribution in [-0.4, -0.2) is 0 Å². The molecule has 1 aromatic rings. The minimum absolute atomic E-state index is 0. The zero-order chi connectivity index (χ0) is 7.56. The van der Waals surface area contributed by atoms with Gasteiger partial charge in [-0.05, 0) is 5.92 Å². The van der Waals surface area contributed by atoms with E-state index in [2.05, 4.69) is 39.0 Å². The van der Waals surface area contributed by atoms with E-state index in [0.29, 0.717) is 5.92 Å². The zero-order valence-electron chi connectivity index (χ0n) is 7.98. The van der Waals surface area contributed by atoms with Crippen LogP contribution in [0.3, 0.4) is 0 Å². The SMILES string of the molecule is Cc1cc[c-]c(C(C)C)c1.Cl.Cl.[Ru+]. The first-order valence-electron chi connectivity index (χ1n) is 3.68. The summed E-state index contributed by atoms with van der Waals surface area (Å²) >= 11 is 0. The first-order chi connectivity index (χ1) is 4.70. The fraction of sp³-hybridized carbons (Fsp3) is 0.400. The van der Waals surface area contributed by atoms with Gasteiger partial charge >= 0.3 is 19.5 Å². The average molecular weight is 307 g/mol. The van der Waals surface area contributed by atoms with Crippen molar-refractivity contribution in [1.29, 1.82) is 0 Å². The topological polar surface area (TPSA) is 0 Å². The van der Waals surface area contributed by atoms with E-state index in [9.17, 15) is 0 Å². The Morgan fingerprint density at radius 3 is 2.08 bits per heavy atom. The van der Waals surface area contributed by atoms with Crippen molar-refractivity contribution in [3.8, 4) is 0 Å². The molecule has 0 unspecified atom stereocenters. The molecule has 0 aliphatic carbocycles. The standard InChI is InChI=1S/C10H13.2ClH.Ru/c1-8(2)10-6-4-5-9(3)7-10;;;/h4-5,7-8H,1-3H3;2*1H;/q-1;;;+1. The molecular formula is C10H15Cl2Ru. The van der Waals surface area contributed by atoms with Gasteiger partial charge in [0.1, 0.15) is 0 Å². The molecule has 0 spiro atoms. The smallest absolute Gasteiger partial charge is 0.180 e. The molecule has 0 atom stereocenters. The molecule has 0 saturated heterocycles. The predicted octanol–water partition coefficient (Wildman–Crippen LogP) is 3.76. The molecule has 13 heavy (non-hydrogen) atoms. The molecular weight excluding hydrogens is 292 g/mol. The Hall–Kier alpha value is 0.423. The molecule has 0 amide bonds. The van der Waals surface area contributed by atoms with Crippen LogP contribution in [0, 0.1) is 13.0 Å². The second-order valence-corrected chi connectivity index (χ2v) is 2.98. The normalized spacial score (nSPS) is 8.00. The maximum Gasteiger partial charge on any atom is 1.00 e. The average Bonchev–Trinajstić information content (AvgIpc) is 1.88. The quantitative estimate of drug-likeness (QED) is 0.547. The van der Waals surface area contributed by atoms with E-state index in [0.717, 1.165) is 0 Å². The van der Waals surface area contributed by atoms with Crippen LogP contribution in [0.5, 0.6) is 0 Å². The third-order valence-electron chi connectivity index (χ3n) is 1.60. The van der Waals surface area contributed by atoms with E-state index >= 15 is 0 Å². The molecule has 0 fully saturated rings. The third-order valence-corrected chi connectivity index (χ3v) is 1.60. The van der Waals surface area contributed by atoms with Gasteiger partial charge in [0.15, 0.2) is 0 Å². The molecule has 1 rings (SSSR count). The summed E-state index contributed by atoms with van der Waals surface area (Å²) in [7, 11) is 0. The molecule has 0 heterocycles. The van der Waals surface area contributed by atoms with Gasteiger partial charge in [-0.3, -0.25) is 0 Å². The Balaban J connectivity index is -0.000000333. The number of rotatable bonds is 1. The monoisotopic (exact) mass is 307 g/mol. The largest absolute Gasteiger partial charge is 1.00 e. The van der Waals surface area contributed by atoms with Crippen molar-refractivity contribution >= 4 is 24.8 Å². The van der Waals surface area contributed by atoms with E-state index in [4.69, 9.17) is 0 Å². The van der Waals surface area contributed by atoms with E-state index in [1.807, 2.05) is 6.07 Å². The van der Waals surface area contributed by atoms with E-state index < -0.39 is 0 Å². The van der Waals surface area contributed by atoms with Crippen LogP contribution in [0.1, 0.15) is 30.9 Å².